The lowest BCUT2D eigenvalue weighted by Crippen LogP contribution is -1.99. The predicted molar refractivity (Wildman–Crippen MR) is 104 cm³/mol. The summed E-state index contributed by atoms with van der Waals surface area (Å²) in [7, 11) is 1.65. The van der Waals surface area contributed by atoms with Gasteiger partial charge in [0.05, 0.1) is 18.5 Å². The molecule has 0 radical (unpaired) electrons. The summed E-state index contributed by atoms with van der Waals surface area (Å²) < 4.78 is 5.31. The highest BCUT2D eigenvalue weighted by molar-refractivity contribution is 5.92. The summed E-state index contributed by atoms with van der Waals surface area (Å²) in [5, 5.41) is 1.29. The number of para-hydroxylation sites is 1. The highest BCUT2D eigenvalue weighted by Crippen LogP contribution is 2.35. The molecule has 0 bridgehead atoms. The van der Waals surface area contributed by atoms with Crippen LogP contribution in [-0.2, 0) is 6.42 Å². The van der Waals surface area contributed by atoms with E-state index in [0.29, 0.717) is 11.8 Å². The molecule has 3 rings (SSSR count). The summed E-state index contributed by atoms with van der Waals surface area (Å²) >= 11 is 0. The minimum absolute atomic E-state index is 0.463. The van der Waals surface area contributed by atoms with Crippen molar-refractivity contribution in [1.29, 1.82) is 0 Å². The summed E-state index contributed by atoms with van der Waals surface area (Å²) in [6, 6.07) is 12.5. The third kappa shape index (κ3) is 3.54. The summed E-state index contributed by atoms with van der Waals surface area (Å²) in [6.07, 6.45) is 3.10. The third-order valence-corrected chi connectivity index (χ3v) is 4.67. The zero-order valence-electron chi connectivity index (χ0n) is 15.3. The number of H-pyrrole nitrogens is 1. The number of ether oxygens (including phenoxy) is 1. The number of hydrogen-bond acceptors (Lipinski definition) is 3. The van der Waals surface area contributed by atoms with E-state index in [1.165, 1.54) is 22.0 Å². The zero-order valence-corrected chi connectivity index (χ0v) is 15.3. The van der Waals surface area contributed by atoms with Crippen molar-refractivity contribution in [1.82, 2.24) is 9.97 Å². The lowest BCUT2D eigenvalue weighted by Gasteiger charge is -2.07. The number of hydrogen-bond donors (Lipinski definition) is 2. The Morgan fingerprint density at radius 2 is 1.92 bits per heavy atom. The number of nitrogens with two attached hydrogens (primary N) is 1. The van der Waals surface area contributed by atoms with Gasteiger partial charge in [-0.15, -0.1) is 0 Å². The fourth-order valence-electron chi connectivity index (χ4n) is 3.37. The van der Waals surface area contributed by atoms with Crippen LogP contribution in [-0.4, -0.2) is 23.6 Å². The van der Waals surface area contributed by atoms with Crippen molar-refractivity contribution in [2.45, 2.75) is 39.0 Å². The molecular weight excluding hydrogens is 310 g/mol. The van der Waals surface area contributed by atoms with Crippen molar-refractivity contribution in [3.63, 3.8) is 0 Å². The number of aryl methyl sites for hydroxylation is 1. The second kappa shape index (κ2) is 7.70. The number of nitrogens with zero attached hydrogens (tertiary/aromatic N) is 1. The zero-order chi connectivity index (χ0) is 17.8. The van der Waals surface area contributed by atoms with Crippen LogP contribution in [0.3, 0.4) is 0 Å². The Bertz CT molecular complexity index is 851. The summed E-state index contributed by atoms with van der Waals surface area (Å²) in [5.74, 6) is 1.10. The van der Waals surface area contributed by atoms with E-state index in [1.54, 1.807) is 7.11 Å². The molecule has 0 fully saturated rings. The van der Waals surface area contributed by atoms with Gasteiger partial charge in [-0.1, -0.05) is 38.1 Å². The van der Waals surface area contributed by atoms with E-state index in [-0.39, 0.29) is 0 Å². The number of unbranched alkanes of at least 4 members (excludes halogenated alkanes) is 1. The van der Waals surface area contributed by atoms with Gasteiger partial charge in [0.25, 0.3) is 0 Å². The lowest BCUT2D eigenvalue weighted by atomic mass is 9.97. The fraction of sp³-hybridized carbons (Fsp3) is 0.381. The fourth-order valence-corrected chi connectivity index (χ4v) is 3.37. The molecule has 2 heterocycles. The normalized spacial score (nSPS) is 11.4. The number of benzene rings is 1. The van der Waals surface area contributed by atoms with E-state index in [2.05, 4.69) is 42.0 Å². The number of fused-ring (bicyclic) bond motifs is 1. The van der Waals surface area contributed by atoms with Gasteiger partial charge >= 0.3 is 0 Å². The maximum Gasteiger partial charge on any atom is 0.213 e. The topological polar surface area (TPSA) is 63.9 Å². The molecule has 4 heteroatoms. The highest BCUT2D eigenvalue weighted by Gasteiger charge is 2.17. The SMILES string of the molecule is COc1cccc(-c2[nH]c3c(C(C)C)cccc3c2CCCCN)n1. The number of methoxy groups -OCH3 is 1. The smallest absolute Gasteiger partial charge is 0.213 e. The van der Waals surface area contributed by atoms with E-state index in [0.717, 1.165) is 37.2 Å². The van der Waals surface area contributed by atoms with Gasteiger partial charge in [0.15, 0.2) is 0 Å². The van der Waals surface area contributed by atoms with Gasteiger partial charge in [-0.05, 0) is 48.9 Å². The second-order valence-electron chi connectivity index (χ2n) is 6.71. The minimum atomic E-state index is 0.463. The van der Waals surface area contributed by atoms with Crippen LogP contribution in [0.25, 0.3) is 22.3 Å². The number of aromatic nitrogens is 2. The lowest BCUT2D eigenvalue weighted by molar-refractivity contribution is 0.398. The van der Waals surface area contributed by atoms with Gasteiger partial charge < -0.3 is 15.5 Å². The molecule has 0 aliphatic heterocycles. The van der Waals surface area contributed by atoms with E-state index >= 15 is 0 Å². The molecule has 0 atom stereocenters. The van der Waals surface area contributed by atoms with Gasteiger partial charge in [-0.25, -0.2) is 4.98 Å². The molecule has 25 heavy (non-hydrogen) atoms. The van der Waals surface area contributed by atoms with E-state index < -0.39 is 0 Å². The standard InChI is InChI=1S/C21H27N3O/c1-14(2)15-9-6-10-16-17(8-4-5-13-22)21(24-20(15)16)18-11-7-12-19(23-18)25-3/h6-7,9-12,14,24H,4-5,8,13,22H2,1-3H3. The molecular formula is C21H27N3O. The molecule has 0 spiro atoms. The van der Waals surface area contributed by atoms with Crippen molar-refractivity contribution in [3.05, 3.63) is 47.5 Å². The van der Waals surface area contributed by atoms with E-state index in [4.69, 9.17) is 10.5 Å². The largest absolute Gasteiger partial charge is 0.481 e. The monoisotopic (exact) mass is 337 g/mol. The van der Waals surface area contributed by atoms with Crippen LogP contribution < -0.4 is 10.5 Å². The molecule has 0 saturated heterocycles. The molecule has 0 saturated carbocycles. The van der Waals surface area contributed by atoms with E-state index in [9.17, 15) is 0 Å². The van der Waals surface area contributed by atoms with Crippen LogP contribution in [0.5, 0.6) is 5.88 Å². The van der Waals surface area contributed by atoms with Gasteiger partial charge in [-0.2, -0.15) is 0 Å². The molecule has 132 valence electrons. The maximum absolute atomic E-state index is 5.69. The number of nitrogens with one attached hydrogen (secondary N) is 1. The average Bonchev–Trinajstić information content (AvgIpc) is 3.00. The average molecular weight is 337 g/mol. The Kier molecular flexibility index (Phi) is 5.39. The first-order valence-electron chi connectivity index (χ1n) is 9.00. The quantitative estimate of drug-likeness (QED) is 0.617. The minimum Gasteiger partial charge on any atom is -0.481 e. The first kappa shape index (κ1) is 17.5. The summed E-state index contributed by atoms with van der Waals surface area (Å²) in [6.45, 7) is 5.19. The van der Waals surface area contributed by atoms with Gasteiger partial charge in [0, 0.05) is 17.0 Å². The Balaban J connectivity index is 2.17. The Labute approximate surface area is 149 Å². The molecule has 2 aromatic heterocycles. The first-order valence-corrected chi connectivity index (χ1v) is 9.00. The van der Waals surface area contributed by atoms with Crippen molar-refractivity contribution in [2.75, 3.05) is 13.7 Å². The summed E-state index contributed by atoms with van der Waals surface area (Å²) in [4.78, 5) is 8.30. The van der Waals surface area contributed by atoms with Crippen LogP contribution in [0.4, 0.5) is 0 Å². The number of pyridine rings is 1. The molecule has 0 aliphatic rings. The Morgan fingerprint density at radius 1 is 1.12 bits per heavy atom. The van der Waals surface area contributed by atoms with Crippen LogP contribution in [0.15, 0.2) is 36.4 Å². The van der Waals surface area contributed by atoms with Gasteiger partial charge in [-0.3, -0.25) is 0 Å². The van der Waals surface area contributed by atoms with Crippen LogP contribution in [0.2, 0.25) is 0 Å². The third-order valence-electron chi connectivity index (χ3n) is 4.67. The molecule has 0 unspecified atom stereocenters. The van der Waals surface area contributed by atoms with Crippen LogP contribution in [0, 0.1) is 0 Å². The van der Waals surface area contributed by atoms with Crippen molar-refractivity contribution in [3.8, 4) is 17.3 Å². The first-order chi connectivity index (χ1) is 12.2. The van der Waals surface area contributed by atoms with Crippen LogP contribution in [0.1, 0.15) is 43.7 Å². The maximum atomic E-state index is 5.69. The highest BCUT2D eigenvalue weighted by atomic mass is 16.5. The molecule has 3 aromatic rings. The van der Waals surface area contributed by atoms with Crippen molar-refractivity contribution < 1.29 is 4.74 Å². The second-order valence-corrected chi connectivity index (χ2v) is 6.71. The Morgan fingerprint density at radius 3 is 2.64 bits per heavy atom. The van der Waals surface area contributed by atoms with Crippen molar-refractivity contribution >= 4 is 10.9 Å². The molecule has 0 amide bonds. The van der Waals surface area contributed by atoms with Crippen molar-refractivity contribution in [2.24, 2.45) is 5.73 Å². The van der Waals surface area contributed by atoms with E-state index in [1.807, 2.05) is 18.2 Å². The predicted octanol–water partition coefficient (Wildman–Crippen LogP) is 4.64. The summed E-state index contributed by atoms with van der Waals surface area (Å²) in [5.41, 5.74) is 11.6. The number of rotatable bonds is 7. The Hall–Kier alpha value is -2.33. The number of aromatic amines is 1. The van der Waals surface area contributed by atoms with Crippen LogP contribution >= 0.6 is 0 Å². The molecule has 4 nitrogen and oxygen atoms in total. The molecule has 1 aromatic carbocycles. The molecule has 0 aliphatic carbocycles. The molecule has 3 N–H and O–H groups in total. The van der Waals surface area contributed by atoms with Gasteiger partial charge in [0.1, 0.15) is 0 Å². The van der Waals surface area contributed by atoms with Gasteiger partial charge in [0.2, 0.25) is 5.88 Å².